The van der Waals surface area contributed by atoms with Crippen molar-refractivity contribution in [2.24, 2.45) is 0 Å². The smallest absolute Gasteiger partial charge is 0.523 e. The molecule has 1 rings (SSSR count). The largest absolute Gasteiger partial charge is 1.00 e. The standard InChI is InChI=1S/C11H15O.Li/c1-11(2,3)9-5-7-10(12-4)8-6-9;/h5-7H,1-4H3;/q-1;+1. The molecule has 2 heteroatoms. The summed E-state index contributed by atoms with van der Waals surface area (Å²) in [7, 11) is 1.66. The van der Waals surface area contributed by atoms with Gasteiger partial charge in [0.2, 0.25) is 0 Å². The van der Waals surface area contributed by atoms with Gasteiger partial charge < -0.3 is 4.74 Å². The summed E-state index contributed by atoms with van der Waals surface area (Å²) < 4.78 is 5.03. The van der Waals surface area contributed by atoms with Gasteiger partial charge in [0.15, 0.2) is 0 Å². The maximum atomic E-state index is 5.03. The molecular formula is C11H15LiO. The van der Waals surface area contributed by atoms with E-state index in [0.29, 0.717) is 0 Å². The minimum absolute atomic E-state index is 0. The fraction of sp³-hybridized carbons (Fsp3) is 0.455. The van der Waals surface area contributed by atoms with E-state index in [1.807, 2.05) is 12.1 Å². The molecule has 1 aromatic rings. The first-order chi connectivity index (χ1) is 5.54. The van der Waals surface area contributed by atoms with Gasteiger partial charge in [0.25, 0.3) is 0 Å². The zero-order valence-corrected chi connectivity index (χ0v) is 9.14. The second-order valence-corrected chi connectivity index (χ2v) is 3.90. The molecule has 0 aliphatic heterocycles. The number of hydrogen-bond donors (Lipinski definition) is 0. The van der Waals surface area contributed by atoms with Crippen LogP contribution in [0.1, 0.15) is 26.3 Å². The maximum absolute atomic E-state index is 5.03. The van der Waals surface area contributed by atoms with Crippen molar-refractivity contribution in [3.05, 3.63) is 29.8 Å². The molecule has 66 valence electrons. The predicted octanol–water partition coefficient (Wildman–Crippen LogP) is -0.203. The van der Waals surface area contributed by atoms with Crippen molar-refractivity contribution in [2.75, 3.05) is 7.11 Å². The predicted molar refractivity (Wildman–Crippen MR) is 50.5 cm³/mol. The third kappa shape index (κ3) is 3.46. The van der Waals surface area contributed by atoms with E-state index in [0.717, 1.165) is 5.75 Å². The SMILES string of the molecule is COc1[c-]cc(C(C)(C)C)cc1.[Li+]. The normalized spacial score (nSPS) is 10.5. The molecule has 0 bridgehead atoms. The summed E-state index contributed by atoms with van der Waals surface area (Å²) in [4.78, 5) is 0. The fourth-order valence-corrected chi connectivity index (χ4v) is 1.00. The minimum atomic E-state index is 0. The topological polar surface area (TPSA) is 9.23 Å². The van der Waals surface area contributed by atoms with Crippen LogP contribution in [-0.4, -0.2) is 7.11 Å². The summed E-state index contributed by atoms with van der Waals surface area (Å²) in [6, 6.07) is 9.08. The van der Waals surface area contributed by atoms with E-state index < -0.39 is 0 Å². The first kappa shape index (κ1) is 12.6. The molecule has 0 amide bonds. The van der Waals surface area contributed by atoms with Crippen molar-refractivity contribution in [1.29, 1.82) is 0 Å². The number of ether oxygens (including phenoxy) is 1. The summed E-state index contributed by atoms with van der Waals surface area (Å²) in [6.07, 6.45) is 0. The zero-order chi connectivity index (χ0) is 9.19. The Bertz CT molecular complexity index is 246. The first-order valence-electron chi connectivity index (χ1n) is 4.10. The third-order valence-corrected chi connectivity index (χ3v) is 1.87. The minimum Gasteiger partial charge on any atom is -0.523 e. The molecule has 1 nitrogen and oxygen atoms in total. The van der Waals surface area contributed by atoms with Crippen molar-refractivity contribution >= 4 is 0 Å². The third-order valence-electron chi connectivity index (χ3n) is 1.87. The van der Waals surface area contributed by atoms with Gasteiger partial charge in [0.05, 0.1) is 7.11 Å². The van der Waals surface area contributed by atoms with Crippen molar-refractivity contribution < 1.29 is 23.6 Å². The van der Waals surface area contributed by atoms with E-state index in [9.17, 15) is 0 Å². The van der Waals surface area contributed by atoms with E-state index in [1.54, 1.807) is 7.11 Å². The van der Waals surface area contributed by atoms with Crippen LogP contribution in [-0.2, 0) is 5.41 Å². The summed E-state index contributed by atoms with van der Waals surface area (Å²) >= 11 is 0. The van der Waals surface area contributed by atoms with Gasteiger partial charge in [-0.2, -0.15) is 17.7 Å². The monoisotopic (exact) mass is 170 g/mol. The van der Waals surface area contributed by atoms with Gasteiger partial charge in [-0.15, -0.1) is 12.1 Å². The summed E-state index contributed by atoms with van der Waals surface area (Å²) in [5, 5.41) is 0. The Kier molecular flexibility index (Phi) is 4.60. The summed E-state index contributed by atoms with van der Waals surface area (Å²) in [6.45, 7) is 6.55. The van der Waals surface area contributed by atoms with Crippen LogP contribution >= 0.6 is 0 Å². The number of hydrogen-bond acceptors (Lipinski definition) is 1. The van der Waals surface area contributed by atoms with E-state index >= 15 is 0 Å². The van der Waals surface area contributed by atoms with Crippen molar-refractivity contribution in [3.63, 3.8) is 0 Å². The van der Waals surface area contributed by atoms with Crippen molar-refractivity contribution in [2.45, 2.75) is 26.2 Å². The Morgan fingerprint density at radius 3 is 2.15 bits per heavy atom. The average Bonchev–Trinajstić information content (AvgIpc) is 2.03. The van der Waals surface area contributed by atoms with Crippen LogP contribution in [0.25, 0.3) is 0 Å². The van der Waals surface area contributed by atoms with Crippen molar-refractivity contribution in [3.8, 4) is 5.75 Å². The number of benzene rings is 1. The molecule has 0 fully saturated rings. The quantitative estimate of drug-likeness (QED) is 0.419. The number of methoxy groups -OCH3 is 1. The van der Waals surface area contributed by atoms with Gasteiger partial charge in [-0.1, -0.05) is 26.2 Å². The molecule has 0 aromatic heterocycles. The van der Waals surface area contributed by atoms with E-state index in [4.69, 9.17) is 4.74 Å². The Hall–Kier alpha value is -0.383. The van der Waals surface area contributed by atoms with E-state index in [-0.39, 0.29) is 24.3 Å². The molecule has 0 aliphatic carbocycles. The van der Waals surface area contributed by atoms with Gasteiger partial charge in [-0.25, -0.2) is 0 Å². The van der Waals surface area contributed by atoms with Crippen LogP contribution < -0.4 is 23.6 Å². The first-order valence-corrected chi connectivity index (χ1v) is 4.10. The van der Waals surface area contributed by atoms with Gasteiger partial charge in [0.1, 0.15) is 0 Å². The van der Waals surface area contributed by atoms with E-state index in [2.05, 4.69) is 32.9 Å². The van der Waals surface area contributed by atoms with Crippen LogP contribution in [0.5, 0.6) is 5.75 Å². The fourth-order valence-electron chi connectivity index (χ4n) is 1.00. The number of rotatable bonds is 1. The van der Waals surface area contributed by atoms with Crippen LogP contribution in [0.15, 0.2) is 18.2 Å². The molecule has 0 saturated carbocycles. The Morgan fingerprint density at radius 1 is 1.23 bits per heavy atom. The van der Waals surface area contributed by atoms with Gasteiger partial charge in [-0.3, -0.25) is 0 Å². The van der Waals surface area contributed by atoms with Crippen LogP contribution in [0, 0.1) is 6.07 Å². The van der Waals surface area contributed by atoms with Gasteiger partial charge >= 0.3 is 18.9 Å². The molecule has 0 atom stereocenters. The Balaban J connectivity index is 0.00000144. The second kappa shape index (κ2) is 4.74. The molecular weight excluding hydrogens is 155 g/mol. The second-order valence-electron chi connectivity index (χ2n) is 3.90. The van der Waals surface area contributed by atoms with Crippen LogP contribution in [0.2, 0.25) is 0 Å². The molecule has 0 aliphatic rings. The molecule has 0 N–H and O–H groups in total. The van der Waals surface area contributed by atoms with Crippen LogP contribution in [0.3, 0.4) is 0 Å². The molecule has 13 heavy (non-hydrogen) atoms. The van der Waals surface area contributed by atoms with E-state index in [1.165, 1.54) is 5.56 Å². The van der Waals surface area contributed by atoms with Crippen molar-refractivity contribution in [1.82, 2.24) is 0 Å². The molecule has 0 saturated heterocycles. The Labute approximate surface area is 92.7 Å². The molecule has 1 aromatic carbocycles. The summed E-state index contributed by atoms with van der Waals surface area (Å²) in [5.41, 5.74) is 1.48. The molecule has 0 unspecified atom stereocenters. The zero-order valence-electron chi connectivity index (χ0n) is 9.14. The molecule has 0 radical (unpaired) electrons. The van der Waals surface area contributed by atoms with Crippen LogP contribution in [0.4, 0.5) is 0 Å². The Morgan fingerprint density at radius 2 is 1.85 bits per heavy atom. The average molecular weight is 170 g/mol. The van der Waals surface area contributed by atoms with Gasteiger partial charge in [0, 0.05) is 5.75 Å². The molecule has 0 spiro atoms. The summed E-state index contributed by atoms with van der Waals surface area (Å²) in [5.74, 6) is 0.794. The molecule has 0 heterocycles. The maximum Gasteiger partial charge on any atom is 1.00 e. The van der Waals surface area contributed by atoms with Gasteiger partial charge in [-0.05, 0) is 0 Å².